The summed E-state index contributed by atoms with van der Waals surface area (Å²) in [7, 11) is -3.86. The Kier molecular flexibility index (Phi) is 4.55. The molecule has 2 N–H and O–H groups in total. The number of benzene rings is 1. The number of hydrogen-bond acceptors (Lipinski definition) is 9. The molecule has 0 amide bonds. The molecule has 0 radical (unpaired) electrons. The van der Waals surface area contributed by atoms with Crippen LogP contribution in [0.4, 0.5) is 5.95 Å². The van der Waals surface area contributed by atoms with E-state index in [0.717, 1.165) is 0 Å². The maximum absolute atomic E-state index is 12.7. The smallest absolute Gasteiger partial charge is 0.226 e. The lowest BCUT2D eigenvalue weighted by molar-refractivity contribution is 0.597. The minimum Gasteiger partial charge on any atom is -0.340 e. The maximum atomic E-state index is 12.7. The standard InChI is InChI=1S/C11H8Cl2N8O2S/c12-6-1-7(13)9(10-18-20-21-19-10)8(2-6)24(22,23)5-17-11-15-3-14-4-16-11/h1-4H,5H2,(H,14,15,16,17)(H,18,19,20,21). The SMILES string of the molecule is O=S(=O)(CNc1ncncn1)c1cc(Cl)cc(Cl)c1-c1nn[nH]n1. The number of H-pyrrole nitrogens is 1. The Morgan fingerprint density at radius 2 is 1.92 bits per heavy atom. The number of tetrazole rings is 1. The summed E-state index contributed by atoms with van der Waals surface area (Å²) in [4.78, 5) is 11.1. The van der Waals surface area contributed by atoms with Gasteiger partial charge in [0.1, 0.15) is 18.5 Å². The topological polar surface area (TPSA) is 139 Å². The molecule has 3 rings (SSSR count). The Labute approximate surface area is 145 Å². The highest BCUT2D eigenvalue weighted by Crippen LogP contribution is 2.35. The van der Waals surface area contributed by atoms with Gasteiger partial charge in [0.2, 0.25) is 11.8 Å². The molecule has 0 bridgehead atoms. The zero-order valence-corrected chi connectivity index (χ0v) is 14.0. The van der Waals surface area contributed by atoms with Crippen molar-refractivity contribution >= 4 is 39.0 Å². The van der Waals surface area contributed by atoms with Crippen molar-refractivity contribution < 1.29 is 8.42 Å². The van der Waals surface area contributed by atoms with Crippen LogP contribution in [0.2, 0.25) is 10.0 Å². The second kappa shape index (κ2) is 6.63. The molecule has 124 valence electrons. The average molecular weight is 387 g/mol. The number of anilines is 1. The van der Waals surface area contributed by atoms with Gasteiger partial charge in [-0.1, -0.05) is 23.2 Å². The number of nitrogens with one attached hydrogen (secondary N) is 2. The van der Waals surface area contributed by atoms with Crippen LogP contribution in [0.15, 0.2) is 29.7 Å². The van der Waals surface area contributed by atoms with E-state index in [1.807, 2.05) is 0 Å². The lowest BCUT2D eigenvalue weighted by atomic mass is 10.2. The summed E-state index contributed by atoms with van der Waals surface area (Å²) < 4.78 is 25.4. The van der Waals surface area contributed by atoms with Gasteiger partial charge in [-0.25, -0.2) is 23.4 Å². The predicted octanol–water partition coefficient (Wildman–Crippen LogP) is 1.20. The van der Waals surface area contributed by atoms with Crippen LogP contribution in [-0.2, 0) is 9.84 Å². The van der Waals surface area contributed by atoms with E-state index in [1.165, 1.54) is 24.8 Å². The second-order valence-electron chi connectivity index (χ2n) is 4.39. The third-order valence-corrected chi connectivity index (χ3v) is 4.87. The van der Waals surface area contributed by atoms with Crippen LogP contribution in [0, 0.1) is 0 Å². The van der Waals surface area contributed by atoms with Crippen LogP contribution in [0.25, 0.3) is 11.4 Å². The number of halogens is 2. The fourth-order valence-corrected chi connectivity index (χ4v) is 3.84. The minimum absolute atomic E-state index is 0.0374. The number of rotatable bonds is 5. The van der Waals surface area contributed by atoms with E-state index in [4.69, 9.17) is 23.2 Å². The summed E-state index contributed by atoms with van der Waals surface area (Å²) >= 11 is 12.1. The Morgan fingerprint density at radius 3 is 2.58 bits per heavy atom. The summed E-state index contributed by atoms with van der Waals surface area (Å²) in [6.07, 6.45) is 2.48. The normalized spacial score (nSPS) is 11.4. The molecule has 13 heteroatoms. The summed E-state index contributed by atoms with van der Waals surface area (Å²) in [6.45, 7) is 0. The molecule has 0 aliphatic rings. The Bertz CT molecular complexity index is 950. The van der Waals surface area contributed by atoms with Crippen molar-refractivity contribution in [2.75, 3.05) is 11.2 Å². The van der Waals surface area contributed by atoms with Crippen molar-refractivity contribution in [3.63, 3.8) is 0 Å². The van der Waals surface area contributed by atoms with Crippen molar-refractivity contribution in [1.82, 2.24) is 35.6 Å². The van der Waals surface area contributed by atoms with E-state index in [0.29, 0.717) is 0 Å². The first-order chi connectivity index (χ1) is 11.5. The van der Waals surface area contributed by atoms with Crippen molar-refractivity contribution in [2.45, 2.75) is 4.90 Å². The molecule has 0 aliphatic carbocycles. The highest BCUT2D eigenvalue weighted by Gasteiger charge is 2.25. The minimum atomic E-state index is -3.86. The van der Waals surface area contributed by atoms with Crippen LogP contribution < -0.4 is 5.32 Å². The van der Waals surface area contributed by atoms with Crippen molar-refractivity contribution in [2.24, 2.45) is 0 Å². The largest absolute Gasteiger partial charge is 0.340 e. The Hall–Kier alpha value is -2.37. The van der Waals surface area contributed by atoms with Crippen molar-refractivity contribution in [3.05, 3.63) is 34.8 Å². The second-order valence-corrected chi connectivity index (χ2v) is 7.20. The fourth-order valence-electron chi connectivity index (χ4n) is 1.85. The van der Waals surface area contributed by atoms with Gasteiger partial charge in [-0.2, -0.15) is 5.21 Å². The summed E-state index contributed by atoms with van der Waals surface area (Å²) in [5.74, 6) is -0.336. The fraction of sp³-hybridized carbons (Fsp3) is 0.0909. The monoisotopic (exact) mass is 386 g/mol. The number of hydrogen-bond donors (Lipinski definition) is 2. The number of aromatic amines is 1. The number of nitrogens with zero attached hydrogens (tertiary/aromatic N) is 6. The molecular formula is C11H8Cl2N8O2S. The van der Waals surface area contributed by atoms with Gasteiger partial charge in [0, 0.05) is 5.02 Å². The van der Waals surface area contributed by atoms with Gasteiger partial charge >= 0.3 is 0 Å². The average Bonchev–Trinajstić information content (AvgIpc) is 3.07. The molecule has 2 heterocycles. The highest BCUT2D eigenvalue weighted by atomic mass is 35.5. The number of sulfone groups is 1. The van der Waals surface area contributed by atoms with Crippen LogP contribution in [0.3, 0.4) is 0 Å². The molecule has 0 saturated carbocycles. The van der Waals surface area contributed by atoms with Crippen molar-refractivity contribution in [3.8, 4) is 11.4 Å². The summed E-state index contributed by atoms with van der Waals surface area (Å²) in [6, 6.07) is 2.66. The molecule has 0 aliphatic heterocycles. The van der Waals surface area contributed by atoms with E-state index in [2.05, 4.69) is 40.9 Å². The molecule has 0 atom stereocenters. The third-order valence-electron chi connectivity index (χ3n) is 2.84. The first-order valence-electron chi connectivity index (χ1n) is 6.29. The Balaban J connectivity index is 2.01. The van der Waals surface area contributed by atoms with Gasteiger partial charge < -0.3 is 5.32 Å². The Morgan fingerprint density at radius 1 is 1.17 bits per heavy atom. The van der Waals surface area contributed by atoms with Crippen molar-refractivity contribution in [1.29, 1.82) is 0 Å². The third kappa shape index (κ3) is 3.42. The van der Waals surface area contributed by atoms with Gasteiger partial charge in [-0.05, 0) is 17.3 Å². The maximum Gasteiger partial charge on any atom is 0.226 e. The molecule has 0 spiro atoms. The molecule has 0 fully saturated rings. The van der Waals surface area contributed by atoms with E-state index < -0.39 is 15.7 Å². The van der Waals surface area contributed by atoms with Gasteiger partial charge in [-0.15, -0.1) is 10.2 Å². The molecule has 10 nitrogen and oxygen atoms in total. The van der Waals surface area contributed by atoms with E-state index >= 15 is 0 Å². The van der Waals surface area contributed by atoms with E-state index in [-0.39, 0.29) is 32.3 Å². The number of aromatic nitrogens is 7. The van der Waals surface area contributed by atoms with Crippen LogP contribution in [0.5, 0.6) is 0 Å². The lowest BCUT2D eigenvalue weighted by Crippen LogP contribution is -2.17. The van der Waals surface area contributed by atoms with Crippen LogP contribution in [0.1, 0.15) is 0 Å². The quantitative estimate of drug-likeness (QED) is 0.661. The molecule has 2 aromatic heterocycles. The zero-order valence-electron chi connectivity index (χ0n) is 11.7. The summed E-state index contributed by atoms with van der Waals surface area (Å²) in [5, 5.41) is 16.1. The highest BCUT2D eigenvalue weighted by molar-refractivity contribution is 7.91. The summed E-state index contributed by atoms with van der Waals surface area (Å²) in [5.41, 5.74) is 0.104. The molecule has 0 saturated heterocycles. The van der Waals surface area contributed by atoms with E-state index in [1.54, 1.807) is 0 Å². The molecule has 0 unspecified atom stereocenters. The molecule has 1 aromatic carbocycles. The first-order valence-corrected chi connectivity index (χ1v) is 8.69. The van der Waals surface area contributed by atoms with E-state index in [9.17, 15) is 8.42 Å². The van der Waals surface area contributed by atoms with Gasteiger partial charge in [0.25, 0.3) is 0 Å². The van der Waals surface area contributed by atoms with Gasteiger partial charge in [0.05, 0.1) is 15.5 Å². The molecular weight excluding hydrogens is 379 g/mol. The first kappa shape index (κ1) is 16.5. The van der Waals surface area contributed by atoms with Gasteiger partial charge in [-0.3, -0.25) is 0 Å². The van der Waals surface area contributed by atoms with Gasteiger partial charge in [0.15, 0.2) is 9.84 Å². The zero-order chi connectivity index (χ0) is 17.2. The molecule has 3 aromatic rings. The molecule has 24 heavy (non-hydrogen) atoms. The van der Waals surface area contributed by atoms with Crippen LogP contribution in [-0.4, -0.2) is 49.9 Å². The van der Waals surface area contributed by atoms with Crippen LogP contribution >= 0.6 is 23.2 Å². The predicted molar refractivity (Wildman–Crippen MR) is 85.1 cm³/mol. The lowest BCUT2D eigenvalue weighted by Gasteiger charge is -2.11.